The van der Waals surface area contributed by atoms with Crippen LogP contribution in [0.3, 0.4) is 0 Å². The molecular weight excluding hydrogens is 314 g/mol. The summed E-state index contributed by atoms with van der Waals surface area (Å²) in [4.78, 5) is 16.4. The lowest BCUT2D eigenvalue weighted by Gasteiger charge is -2.15. The SMILES string of the molecule is Cc1cc(C)n([C@@H](C)CC(=O)NCc2ccccc2-n2ccnc2)n1. The second-order valence-corrected chi connectivity index (χ2v) is 6.30. The highest BCUT2D eigenvalue weighted by atomic mass is 16.1. The van der Waals surface area contributed by atoms with E-state index >= 15 is 0 Å². The van der Waals surface area contributed by atoms with Crippen molar-refractivity contribution in [1.82, 2.24) is 24.6 Å². The van der Waals surface area contributed by atoms with Gasteiger partial charge in [0, 0.05) is 31.1 Å². The number of carbonyl (C=O) groups is 1. The quantitative estimate of drug-likeness (QED) is 0.752. The van der Waals surface area contributed by atoms with E-state index in [-0.39, 0.29) is 11.9 Å². The molecule has 25 heavy (non-hydrogen) atoms. The molecule has 0 aliphatic heterocycles. The molecule has 1 aromatic carbocycles. The van der Waals surface area contributed by atoms with E-state index in [1.54, 1.807) is 12.5 Å². The molecule has 1 atom stereocenters. The van der Waals surface area contributed by atoms with E-state index in [0.29, 0.717) is 13.0 Å². The second-order valence-electron chi connectivity index (χ2n) is 6.30. The van der Waals surface area contributed by atoms with Gasteiger partial charge in [0.15, 0.2) is 0 Å². The fourth-order valence-electron chi connectivity index (χ4n) is 3.03. The first-order valence-corrected chi connectivity index (χ1v) is 8.40. The molecule has 0 aliphatic carbocycles. The second kappa shape index (κ2) is 7.34. The zero-order chi connectivity index (χ0) is 17.8. The number of imidazole rings is 1. The van der Waals surface area contributed by atoms with Crippen molar-refractivity contribution >= 4 is 5.91 Å². The topological polar surface area (TPSA) is 64.7 Å². The Morgan fingerprint density at radius 3 is 2.76 bits per heavy atom. The summed E-state index contributed by atoms with van der Waals surface area (Å²) in [5.74, 6) is 0.0143. The minimum absolute atomic E-state index is 0.0143. The Labute approximate surface area is 147 Å². The van der Waals surface area contributed by atoms with E-state index in [2.05, 4.69) is 15.4 Å². The molecule has 2 heterocycles. The minimum atomic E-state index is 0.0143. The zero-order valence-corrected chi connectivity index (χ0v) is 14.8. The van der Waals surface area contributed by atoms with Crippen LogP contribution in [-0.2, 0) is 11.3 Å². The fourth-order valence-corrected chi connectivity index (χ4v) is 3.03. The van der Waals surface area contributed by atoms with E-state index in [1.165, 1.54) is 0 Å². The van der Waals surface area contributed by atoms with Gasteiger partial charge in [-0.25, -0.2) is 4.98 Å². The summed E-state index contributed by atoms with van der Waals surface area (Å²) < 4.78 is 3.86. The van der Waals surface area contributed by atoms with Crippen LogP contribution in [0.2, 0.25) is 0 Å². The van der Waals surface area contributed by atoms with Crippen molar-refractivity contribution < 1.29 is 4.79 Å². The summed E-state index contributed by atoms with van der Waals surface area (Å²) in [6.07, 6.45) is 5.79. The number of hydrogen-bond acceptors (Lipinski definition) is 3. The van der Waals surface area contributed by atoms with Crippen molar-refractivity contribution in [2.75, 3.05) is 0 Å². The molecule has 0 saturated heterocycles. The third kappa shape index (κ3) is 3.96. The predicted octanol–water partition coefficient (Wildman–Crippen LogP) is 2.95. The standard InChI is InChI=1S/C19H23N5O/c1-14-10-15(2)24(22-14)16(3)11-19(25)21-12-17-6-4-5-7-18(17)23-9-8-20-13-23/h4-10,13,16H,11-12H2,1-3H3,(H,21,25)/t16-/m0/s1. The number of rotatable bonds is 6. The van der Waals surface area contributed by atoms with Crippen LogP contribution in [0.25, 0.3) is 5.69 Å². The van der Waals surface area contributed by atoms with Crippen molar-refractivity contribution in [1.29, 1.82) is 0 Å². The van der Waals surface area contributed by atoms with Crippen molar-refractivity contribution in [2.24, 2.45) is 0 Å². The monoisotopic (exact) mass is 337 g/mol. The fraction of sp³-hybridized carbons (Fsp3) is 0.316. The Hall–Kier alpha value is -2.89. The van der Waals surface area contributed by atoms with Gasteiger partial charge in [-0.1, -0.05) is 18.2 Å². The zero-order valence-electron chi connectivity index (χ0n) is 14.8. The Morgan fingerprint density at radius 2 is 2.08 bits per heavy atom. The number of para-hydroxylation sites is 1. The van der Waals surface area contributed by atoms with Crippen molar-refractivity contribution in [2.45, 2.75) is 39.8 Å². The maximum atomic E-state index is 12.3. The van der Waals surface area contributed by atoms with Gasteiger partial charge >= 0.3 is 0 Å². The molecule has 1 N–H and O–H groups in total. The molecule has 0 radical (unpaired) electrons. The van der Waals surface area contributed by atoms with Gasteiger partial charge in [-0.3, -0.25) is 9.48 Å². The molecule has 0 unspecified atom stereocenters. The number of amides is 1. The highest BCUT2D eigenvalue weighted by Gasteiger charge is 2.14. The van der Waals surface area contributed by atoms with Crippen LogP contribution >= 0.6 is 0 Å². The molecule has 6 heteroatoms. The van der Waals surface area contributed by atoms with E-state index in [9.17, 15) is 4.79 Å². The summed E-state index contributed by atoms with van der Waals surface area (Å²) in [6, 6.07) is 10.0. The molecular formula is C19H23N5O. The highest BCUT2D eigenvalue weighted by Crippen LogP contribution is 2.16. The third-order valence-electron chi connectivity index (χ3n) is 4.19. The van der Waals surface area contributed by atoms with Crippen LogP contribution in [0.5, 0.6) is 0 Å². The average molecular weight is 337 g/mol. The summed E-state index contributed by atoms with van der Waals surface area (Å²) in [6.45, 7) is 6.47. The first-order chi connectivity index (χ1) is 12.0. The molecule has 0 fully saturated rings. The average Bonchev–Trinajstić information content (AvgIpc) is 3.22. The van der Waals surface area contributed by atoms with Crippen LogP contribution in [0.4, 0.5) is 0 Å². The number of hydrogen-bond donors (Lipinski definition) is 1. The van der Waals surface area contributed by atoms with Crippen LogP contribution < -0.4 is 5.32 Å². The number of carbonyl (C=O) groups excluding carboxylic acids is 1. The van der Waals surface area contributed by atoms with Crippen LogP contribution in [0, 0.1) is 13.8 Å². The molecule has 0 saturated carbocycles. The van der Waals surface area contributed by atoms with E-state index in [4.69, 9.17) is 0 Å². The van der Waals surface area contributed by atoms with E-state index in [1.807, 2.05) is 66.5 Å². The van der Waals surface area contributed by atoms with Gasteiger partial charge < -0.3 is 9.88 Å². The Bertz CT molecular complexity index is 851. The number of nitrogens with one attached hydrogen (secondary N) is 1. The largest absolute Gasteiger partial charge is 0.352 e. The summed E-state index contributed by atoms with van der Waals surface area (Å²) >= 11 is 0. The predicted molar refractivity (Wildman–Crippen MR) is 96.4 cm³/mol. The van der Waals surface area contributed by atoms with Gasteiger partial charge in [-0.2, -0.15) is 5.10 Å². The number of nitrogens with zero attached hydrogens (tertiary/aromatic N) is 4. The third-order valence-corrected chi connectivity index (χ3v) is 4.19. The Kier molecular flexibility index (Phi) is 4.97. The molecule has 3 rings (SSSR count). The normalized spacial score (nSPS) is 12.1. The van der Waals surface area contributed by atoms with E-state index < -0.39 is 0 Å². The van der Waals surface area contributed by atoms with Gasteiger partial charge in [0.05, 0.1) is 23.8 Å². The number of aryl methyl sites for hydroxylation is 2. The summed E-state index contributed by atoms with van der Waals surface area (Å²) in [5, 5.41) is 7.47. The van der Waals surface area contributed by atoms with Crippen molar-refractivity contribution in [3.8, 4) is 5.69 Å². The van der Waals surface area contributed by atoms with Crippen LogP contribution in [0.15, 0.2) is 49.1 Å². The van der Waals surface area contributed by atoms with Gasteiger partial charge in [-0.15, -0.1) is 0 Å². The Balaban J connectivity index is 1.62. The van der Waals surface area contributed by atoms with Gasteiger partial charge in [0.2, 0.25) is 5.91 Å². The summed E-state index contributed by atoms with van der Waals surface area (Å²) in [7, 11) is 0. The smallest absolute Gasteiger partial charge is 0.222 e. The van der Waals surface area contributed by atoms with Crippen LogP contribution in [-0.4, -0.2) is 25.2 Å². The highest BCUT2D eigenvalue weighted by molar-refractivity contribution is 5.76. The van der Waals surface area contributed by atoms with Gasteiger partial charge in [-0.05, 0) is 38.5 Å². The maximum absolute atomic E-state index is 12.3. The van der Waals surface area contributed by atoms with Crippen LogP contribution in [0.1, 0.15) is 36.3 Å². The molecule has 0 bridgehead atoms. The first-order valence-electron chi connectivity index (χ1n) is 8.40. The molecule has 0 spiro atoms. The van der Waals surface area contributed by atoms with Gasteiger partial charge in [0.25, 0.3) is 0 Å². The first kappa shape index (κ1) is 17.0. The lowest BCUT2D eigenvalue weighted by Crippen LogP contribution is -2.26. The molecule has 3 aromatic rings. The number of aromatic nitrogens is 4. The molecule has 2 aromatic heterocycles. The lowest BCUT2D eigenvalue weighted by atomic mass is 10.1. The molecule has 6 nitrogen and oxygen atoms in total. The molecule has 1 amide bonds. The van der Waals surface area contributed by atoms with E-state index in [0.717, 1.165) is 22.6 Å². The van der Waals surface area contributed by atoms with Crippen molar-refractivity contribution in [3.05, 3.63) is 66.0 Å². The molecule has 130 valence electrons. The minimum Gasteiger partial charge on any atom is -0.352 e. The summed E-state index contributed by atoms with van der Waals surface area (Å²) in [5.41, 5.74) is 4.11. The lowest BCUT2D eigenvalue weighted by molar-refractivity contribution is -0.122. The maximum Gasteiger partial charge on any atom is 0.222 e. The Morgan fingerprint density at radius 1 is 1.28 bits per heavy atom. The number of benzene rings is 1. The van der Waals surface area contributed by atoms with Gasteiger partial charge in [0.1, 0.15) is 0 Å². The molecule has 0 aliphatic rings. The van der Waals surface area contributed by atoms with Crippen molar-refractivity contribution in [3.63, 3.8) is 0 Å².